The molecule has 0 fully saturated rings. The fourth-order valence-electron chi connectivity index (χ4n) is 10.5. The molecule has 64 heavy (non-hydrogen) atoms. The molecule has 0 N–H and O–H groups in total. The summed E-state index contributed by atoms with van der Waals surface area (Å²) < 4.78 is 0. The number of rotatable bonds is 8. The highest BCUT2D eigenvalue weighted by atomic mass is 15.1. The second kappa shape index (κ2) is 15.6. The van der Waals surface area contributed by atoms with Crippen LogP contribution >= 0.6 is 0 Å². The molecule has 0 saturated heterocycles. The quantitative estimate of drug-likeness (QED) is 0.138. The monoisotopic (exact) mass is 813 g/mol. The normalized spacial score (nSPS) is 12.5. The van der Waals surface area contributed by atoms with Crippen molar-refractivity contribution >= 4 is 38.6 Å². The van der Waals surface area contributed by atoms with Crippen LogP contribution in [0.3, 0.4) is 0 Å². The van der Waals surface area contributed by atoms with Crippen molar-refractivity contribution in [3.05, 3.63) is 283 Å². The van der Waals surface area contributed by atoms with Gasteiger partial charge in [-0.3, -0.25) is 0 Å². The van der Waals surface area contributed by atoms with E-state index in [1.165, 1.54) is 88.3 Å². The molecule has 300 valence electrons. The van der Waals surface area contributed by atoms with Gasteiger partial charge in [0.05, 0.1) is 11.1 Å². The van der Waals surface area contributed by atoms with Crippen molar-refractivity contribution in [2.75, 3.05) is 4.90 Å². The molecule has 0 unspecified atom stereocenters. The molecule has 0 radical (unpaired) electrons. The first-order valence-corrected chi connectivity index (χ1v) is 22.2. The summed E-state index contributed by atoms with van der Waals surface area (Å²) in [4.78, 5) is 2.48. The van der Waals surface area contributed by atoms with E-state index >= 15 is 0 Å². The van der Waals surface area contributed by atoms with Crippen molar-refractivity contribution in [3.63, 3.8) is 0 Å². The van der Waals surface area contributed by atoms with E-state index in [0.717, 1.165) is 17.1 Å². The third-order valence-corrected chi connectivity index (χ3v) is 13.3. The van der Waals surface area contributed by atoms with Crippen molar-refractivity contribution in [1.29, 1.82) is 0 Å². The highest BCUT2D eigenvalue weighted by Crippen LogP contribution is 2.59. The molecule has 0 aromatic heterocycles. The zero-order valence-corrected chi connectivity index (χ0v) is 35.3. The predicted octanol–water partition coefficient (Wildman–Crippen LogP) is 16.8. The minimum absolute atomic E-state index is 0.516. The Hall–Kier alpha value is -8.26. The van der Waals surface area contributed by atoms with Gasteiger partial charge in [0.15, 0.2) is 0 Å². The number of benzene rings is 11. The van der Waals surface area contributed by atoms with Crippen molar-refractivity contribution in [3.8, 4) is 44.5 Å². The van der Waals surface area contributed by atoms with Gasteiger partial charge in [-0.05, 0) is 119 Å². The first kappa shape index (κ1) is 37.5. The van der Waals surface area contributed by atoms with Crippen molar-refractivity contribution in [1.82, 2.24) is 0 Å². The van der Waals surface area contributed by atoms with Crippen LogP contribution in [-0.2, 0) is 5.41 Å². The minimum atomic E-state index is -0.516. The summed E-state index contributed by atoms with van der Waals surface area (Å²) in [6.07, 6.45) is 0. The second-order valence-electron chi connectivity index (χ2n) is 16.8. The van der Waals surface area contributed by atoms with Crippen molar-refractivity contribution in [2.24, 2.45) is 0 Å². The highest BCUT2D eigenvalue weighted by Gasteiger charge is 2.47. The van der Waals surface area contributed by atoms with Gasteiger partial charge in [0.1, 0.15) is 0 Å². The summed E-state index contributed by atoms with van der Waals surface area (Å²) in [7, 11) is 0. The SMILES string of the molecule is c1ccc(-c2ccc(-c3ccc(N(c4cccc(-c5cc6ccccc6c6ccccc56)c4)c4cccc5c4-c4ccccc4C5(c4ccccc4)c4ccccc4)cc3)cc2)cc1. The fourth-order valence-corrected chi connectivity index (χ4v) is 10.5. The van der Waals surface area contributed by atoms with Crippen LogP contribution in [0.4, 0.5) is 17.1 Å². The lowest BCUT2D eigenvalue weighted by Crippen LogP contribution is -2.28. The fraction of sp³-hybridized carbons (Fsp3) is 0.0159. The van der Waals surface area contributed by atoms with Crippen LogP contribution in [0, 0.1) is 0 Å². The van der Waals surface area contributed by atoms with Gasteiger partial charge in [0.2, 0.25) is 0 Å². The van der Waals surface area contributed by atoms with E-state index in [2.05, 4.69) is 266 Å². The average Bonchev–Trinajstić information content (AvgIpc) is 3.69. The van der Waals surface area contributed by atoms with Gasteiger partial charge < -0.3 is 4.90 Å². The molecular weight excluding hydrogens is 771 g/mol. The van der Waals surface area contributed by atoms with Crippen molar-refractivity contribution in [2.45, 2.75) is 5.41 Å². The molecule has 0 atom stereocenters. The van der Waals surface area contributed by atoms with E-state index in [4.69, 9.17) is 0 Å². The molecule has 1 heteroatoms. The molecule has 12 rings (SSSR count). The lowest BCUT2D eigenvalue weighted by atomic mass is 9.68. The third kappa shape index (κ3) is 6.08. The lowest BCUT2D eigenvalue weighted by Gasteiger charge is -2.34. The molecule has 1 aliphatic carbocycles. The maximum absolute atomic E-state index is 2.48. The smallest absolute Gasteiger partial charge is 0.0714 e. The number of fused-ring (bicyclic) bond motifs is 6. The van der Waals surface area contributed by atoms with Crippen LogP contribution < -0.4 is 4.90 Å². The predicted molar refractivity (Wildman–Crippen MR) is 270 cm³/mol. The molecule has 0 heterocycles. The standard InChI is InChI=1S/C63H43N/c1-4-18-44(19-5-1)45-34-36-46(37-35-45)47-38-40-52(41-39-47)64(53-26-16-21-48(42-53)58-43-49-20-10-11-27-54(49)55-28-12-13-29-56(55)58)61-33-17-32-60-62(61)57-30-14-15-31-59(57)63(60,50-22-6-2-7-23-50)51-24-8-3-9-25-51/h1-43H. The Kier molecular flexibility index (Phi) is 9.13. The van der Waals surface area contributed by atoms with Crippen LogP contribution in [0.15, 0.2) is 261 Å². The van der Waals surface area contributed by atoms with Gasteiger partial charge in [0, 0.05) is 16.9 Å². The number of nitrogens with zero attached hydrogens (tertiary/aromatic N) is 1. The lowest BCUT2D eigenvalue weighted by molar-refractivity contribution is 0.768. The maximum Gasteiger partial charge on any atom is 0.0714 e. The zero-order valence-electron chi connectivity index (χ0n) is 35.3. The van der Waals surface area contributed by atoms with Crippen LogP contribution in [0.5, 0.6) is 0 Å². The van der Waals surface area contributed by atoms with Crippen LogP contribution in [0.2, 0.25) is 0 Å². The van der Waals surface area contributed by atoms with Crippen LogP contribution in [-0.4, -0.2) is 0 Å². The molecule has 1 aliphatic rings. The summed E-state index contributed by atoms with van der Waals surface area (Å²) >= 11 is 0. The van der Waals surface area contributed by atoms with E-state index in [9.17, 15) is 0 Å². The highest BCUT2D eigenvalue weighted by molar-refractivity contribution is 6.14. The molecule has 11 aromatic carbocycles. The van der Waals surface area contributed by atoms with E-state index in [0.29, 0.717) is 0 Å². The third-order valence-electron chi connectivity index (χ3n) is 13.3. The molecule has 0 saturated carbocycles. The second-order valence-corrected chi connectivity index (χ2v) is 16.8. The number of hydrogen-bond donors (Lipinski definition) is 0. The summed E-state index contributed by atoms with van der Waals surface area (Å²) in [5.41, 5.74) is 17.6. The molecule has 0 amide bonds. The van der Waals surface area contributed by atoms with E-state index in [1.807, 2.05) is 0 Å². The maximum atomic E-state index is 2.48. The molecule has 0 bridgehead atoms. The Labute approximate surface area is 374 Å². The van der Waals surface area contributed by atoms with Gasteiger partial charge in [0.25, 0.3) is 0 Å². The van der Waals surface area contributed by atoms with Gasteiger partial charge in [-0.1, -0.05) is 224 Å². The summed E-state index contributed by atoms with van der Waals surface area (Å²) in [5, 5.41) is 5.02. The molecule has 0 spiro atoms. The summed E-state index contributed by atoms with van der Waals surface area (Å²) in [6, 6.07) is 95.8. The van der Waals surface area contributed by atoms with E-state index in [-0.39, 0.29) is 0 Å². The average molecular weight is 814 g/mol. The summed E-state index contributed by atoms with van der Waals surface area (Å²) in [6.45, 7) is 0. The van der Waals surface area contributed by atoms with E-state index < -0.39 is 5.41 Å². The largest absolute Gasteiger partial charge is 0.310 e. The van der Waals surface area contributed by atoms with Crippen LogP contribution in [0.25, 0.3) is 66.1 Å². The molecular formula is C63H43N. The van der Waals surface area contributed by atoms with Gasteiger partial charge >= 0.3 is 0 Å². The van der Waals surface area contributed by atoms with Gasteiger partial charge in [-0.25, -0.2) is 0 Å². The topological polar surface area (TPSA) is 3.24 Å². The van der Waals surface area contributed by atoms with Crippen molar-refractivity contribution < 1.29 is 0 Å². The Bertz CT molecular complexity index is 3420. The molecule has 11 aromatic rings. The molecule has 0 aliphatic heterocycles. The Morgan fingerprint density at radius 1 is 0.281 bits per heavy atom. The first-order chi connectivity index (χ1) is 31.8. The zero-order chi connectivity index (χ0) is 42.5. The minimum Gasteiger partial charge on any atom is -0.310 e. The Morgan fingerprint density at radius 2 is 0.781 bits per heavy atom. The molecule has 1 nitrogen and oxygen atoms in total. The van der Waals surface area contributed by atoms with Gasteiger partial charge in [-0.2, -0.15) is 0 Å². The van der Waals surface area contributed by atoms with Gasteiger partial charge in [-0.15, -0.1) is 0 Å². The summed E-state index contributed by atoms with van der Waals surface area (Å²) in [5.74, 6) is 0. The van der Waals surface area contributed by atoms with E-state index in [1.54, 1.807) is 0 Å². The Morgan fingerprint density at radius 3 is 1.47 bits per heavy atom. The number of hydrogen-bond acceptors (Lipinski definition) is 1. The Balaban J connectivity index is 1.07. The number of anilines is 3. The first-order valence-electron chi connectivity index (χ1n) is 22.2. The van der Waals surface area contributed by atoms with Crippen LogP contribution in [0.1, 0.15) is 22.3 Å².